The molecule has 0 spiro atoms. The van der Waals surface area contributed by atoms with Crippen molar-refractivity contribution in [2.75, 3.05) is 33.7 Å². The quantitative estimate of drug-likeness (QED) is 0.767. The Morgan fingerprint density at radius 1 is 1.29 bits per heavy atom. The monoisotopic (exact) mass is 242 g/mol. The second kappa shape index (κ2) is 6.97. The molecule has 1 aliphatic rings. The van der Waals surface area contributed by atoms with E-state index in [0.717, 1.165) is 31.8 Å². The first-order chi connectivity index (χ1) is 7.99. The van der Waals surface area contributed by atoms with Crippen LogP contribution in [0.1, 0.15) is 32.6 Å². The fourth-order valence-corrected chi connectivity index (χ4v) is 2.63. The first-order valence-corrected chi connectivity index (χ1v) is 6.59. The van der Waals surface area contributed by atoms with Crippen molar-refractivity contribution in [2.24, 2.45) is 5.92 Å². The molecule has 1 saturated carbocycles. The van der Waals surface area contributed by atoms with Crippen molar-refractivity contribution < 1.29 is 9.90 Å². The van der Waals surface area contributed by atoms with Gasteiger partial charge in [-0.1, -0.05) is 19.8 Å². The Morgan fingerprint density at radius 2 is 2.00 bits per heavy atom. The van der Waals surface area contributed by atoms with E-state index in [4.69, 9.17) is 5.11 Å². The topological polar surface area (TPSA) is 43.8 Å². The van der Waals surface area contributed by atoms with Gasteiger partial charge in [-0.15, -0.1) is 0 Å². The van der Waals surface area contributed by atoms with Gasteiger partial charge in [-0.25, -0.2) is 0 Å². The molecule has 0 aromatic heterocycles. The van der Waals surface area contributed by atoms with Crippen molar-refractivity contribution in [2.45, 2.75) is 38.6 Å². The zero-order valence-corrected chi connectivity index (χ0v) is 11.4. The maximum absolute atomic E-state index is 10.9. The van der Waals surface area contributed by atoms with Crippen molar-refractivity contribution in [3.63, 3.8) is 0 Å². The number of carbonyl (C=O) groups is 1. The van der Waals surface area contributed by atoms with Gasteiger partial charge in [0.1, 0.15) is 0 Å². The minimum Gasteiger partial charge on any atom is -0.480 e. The maximum atomic E-state index is 10.9. The number of hydrogen-bond acceptors (Lipinski definition) is 3. The van der Waals surface area contributed by atoms with Crippen LogP contribution in [0.15, 0.2) is 0 Å². The van der Waals surface area contributed by atoms with Crippen LogP contribution >= 0.6 is 0 Å². The minimum atomic E-state index is -0.706. The number of aliphatic carboxylic acids is 1. The standard InChI is InChI=1S/C13H26N2O2/c1-11-5-4-6-12(9-11)15(10-13(16)17)8-7-14(2)3/h11-12H,4-10H2,1-3H3,(H,16,17). The highest BCUT2D eigenvalue weighted by Crippen LogP contribution is 2.27. The van der Waals surface area contributed by atoms with Crippen LogP contribution in [0.25, 0.3) is 0 Å². The van der Waals surface area contributed by atoms with E-state index in [9.17, 15) is 4.79 Å². The third-order valence-corrected chi connectivity index (χ3v) is 3.60. The van der Waals surface area contributed by atoms with Crippen LogP contribution in [-0.2, 0) is 4.79 Å². The van der Waals surface area contributed by atoms with E-state index in [2.05, 4.69) is 16.7 Å². The zero-order chi connectivity index (χ0) is 12.8. The summed E-state index contributed by atoms with van der Waals surface area (Å²) in [7, 11) is 4.06. The summed E-state index contributed by atoms with van der Waals surface area (Å²) in [6.07, 6.45) is 4.85. The molecular weight excluding hydrogens is 216 g/mol. The molecule has 1 fully saturated rings. The van der Waals surface area contributed by atoms with Gasteiger partial charge in [-0.2, -0.15) is 0 Å². The van der Waals surface area contributed by atoms with Gasteiger partial charge >= 0.3 is 5.97 Å². The Kier molecular flexibility index (Phi) is 5.92. The van der Waals surface area contributed by atoms with Gasteiger partial charge in [0.15, 0.2) is 0 Å². The average Bonchev–Trinajstić information content (AvgIpc) is 2.23. The van der Waals surface area contributed by atoms with Gasteiger partial charge in [-0.05, 0) is 32.9 Å². The molecule has 4 nitrogen and oxygen atoms in total. The Morgan fingerprint density at radius 3 is 2.53 bits per heavy atom. The second-order valence-electron chi connectivity index (χ2n) is 5.59. The van der Waals surface area contributed by atoms with Crippen LogP contribution in [0, 0.1) is 5.92 Å². The Bertz CT molecular complexity index is 244. The molecule has 17 heavy (non-hydrogen) atoms. The molecule has 1 N–H and O–H groups in total. The van der Waals surface area contributed by atoms with Gasteiger partial charge in [-0.3, -0.25) is 9.69 Å². The summed E-state index contributed by atoms with van der Waals surface area (Å²) in [4.78, 5) is 15.2. The SMILES string of the molecule is CC1CCCC(N(CCN(C)C)CC(=O)O)C1. The summed E-state index contributed by atoms with van der Waals surface area (Å²) in [5.74, 6) is 0.0337. The third-order valence-electron chi connectivity index (χ3n) is 3.60. The van der Waals surface area contributed by atoms with E-state index in [1.165, 1.54) is 12.8 Å². The number of rotatable bonds is 6. The molecule has 0 aromatic rings. The first-order valence-electron chi connectivity index (χ1n) is 6.59. The predicted octanol–water partition coefficient (Wildman–Crippen LogP) is 1.51. The largest absolute Gasteiger partial charge is 0.480 e. The van der Waals surface area contributed by atoms with Crippen molar-refractivity contribution >= 4 is 5.97 Å². The molecule has 0 bridgehead atoms. The van der Waals surface area contributed by atoms with Gasteiger partial charge < -0.3 is 10.0 Å². The predicted molar refractivity (Wildman–Crippen MR) is 69.2 cm³/mol. The normalized spacial score (nSPS) is 25.5. The maximum Gasteiger partial charge on any atom is 0.317 e. The summed E-state index contributed by atoms with van der Waals surface area (Å²) in [6.45, 7) is 4.25. The van der Waals surface area contributed by atoms with Crippen molar-refractivity contribution in [1.82, 2.24) is 9.80 Å². The molecule has 0 aliphatic heterocycles. The van der Waals surface area contributed by atoms with Crippen LogP contribution in [0.4, 0.5) is 0 Å². The lowest BCUT2D eigenvalue weighted by atomic mass is 9.86. The second-order valence-corrected chi connectivity index (χ2v) is 5.59. The lowest BCUT2D eigenvalue weighted by Crippen LogP contribution is -2.44. The minimum absolute atomic E-state index is 0.186. The Hall–Kier alpha value is -0.610. The average molecular weight is 242 g/mol. The molecule has 100 valence electrons. The molecule has 2 atom stereocenters. The smallest absolute Gasteiger partial charge is 0.317 e. The highest BCUT2D eigenvalue weighted by molar-refractivity contribution is 5.69. The van der Waals surface area contributed by atoms with E-state index in [0.29, 0.717) is 6.04 Å². The van der Waals surface area contributed by atoms with Crippen LogP contribution in [0.5, 0.6) is 0 Å². The fraction of sp³-hybridized carbons (Fsp3) is 0.923. The molecule has 1 rings (SSSR count). The number of carboxylic acid groups (broad SMARTS) is 1. The van der Waals surface area contributed by atoms with E-state index < -0.39 is 5.97 Å². The number of hydrogen-bond donors (Lipinski definition) is 1. The van der Waals surface area contributed by atoms with Crippen molar-refractivity contribution in [1.29, 1.82) is 0 Å². The van der Waals surface area contributed by atoms with E-state index in [1.807, 2.05) is 14.1 Å². The molecule has 0 aromatic carbocycles. The third kappa shape index (κ3) is 5.50. The zero-order valence-electron chi connectivity index (χ0n) is 11.4. The molecule has 0 heterocycles. The molecule has 1 aliphatic carbocycles. The van der Waals surface area contributed by atoms with Gasteiger partial charge in [0, 0.05) is 19.1 Å². The van der Waals surface area contributed by atoms with Crippen LogP contribution < -0.4 is 0 Å². The van der Waals surface area contributed by atoms with E-state index >= 15 is 0 Å². The van der Waals surface area contributed by atoms with Crippen LogP contribution in [-0.4, -0.2) is 60.6 Å². The Labute approximate surface area is 105 Å². The highest BCUT2D eigenvalue weighted by Gasteiger charge is 2.25. The molecule has 0 saturated heterocycles. The van der Waals surface area contributed by atoms with Gasteiger partial charge in [0.2, 0.25) is 0 Å². The summed E-state index contributed by atoms with van der Waals surface area (Å²) >= 11 is 0. The lowest BCUT2D eigenvalue weighted by Gasteiger charge is -2.36. The van der Waals surface area contributed by atoms with E-state index in [1.54, 1.807) is 0 Å². The number of likely N-dealkylation sites (N-methyl/N-ethyl adjacent to an activating group) is 1. The van der Waals surface area contributed by atoms with Crippen molar-refractivity contribution in [3.05, 3.63) is 0 Å². The fourth-order valence-electron chi connectivity index (χ4n) is 2.63. The molecule has 0 amide bonds. The van der Waals surface area contributed by atoms with Gasteiger partial charge in [0.05, 0.1) is 6.54 Å². The summed E-state index contributed by atoms with van der Waals surface area (Å²) in [5.41, 5.74) is 0. The van der Waals surface area contributed by atoms with Crippen LogP contribution in [0.2, 0.25) is 0 Å². The first kappa shape index (κ1) is 14.5. The lowest BCUT2D eigenvalue weighted by molar-refractivity contribution is -0.139. The highest BCUT2D eigenvalue weighted by atomic mass is 16.4. The van der Waals surface area contributed by atoms with E-state index in [-0.39, 0.29) is 6.54 Å². The summed E-state index contributed by atoms with van der Waals surface area (Å²) in [5, 5.41) is 8.99. The van der Waals surface area contributed by atoms with Crippen molar-refractivity contribution in [3.8, 4) is 0 Å². The summed E-state index contributed by atoms with van der Waals surface area (Å²) in [6, 6.07) is 0.467. The molecule has 0 radical (unpaired) electrons. The molecule has 2 unspecified atom stereocenters. The summed E-state index contributed by atoms with van der Waals surface area (Å²) < 4.78 is 0. The number of nitrogens with zero attached hydrogens (tertiary/aromatic N) is 2. The number of carboxylic acids is 1. The molecular formula is C13H26N2O2. The van der Waals surface area contributed by atoms with Gasteiger partial charge in [0.25, 0.3) is 0 Å². The van der Waals surface area contributed by atoms with Crippen LogP contribution in [0.3, 0.4) is 0 Å². The Balaban J connectivity index is 2.51. The molecule has 4 heteroatoms.